The molecule has 1 saturated heterocycles. The third kappa shape index (κ3) is 3.19. The number of rotatable bonds is 4. The molecule has 0 N–H and O–H groups in total. The van der Waals surface area contributed by atoms with Crippen LogP contribution in [0, 0.1) is 0 Å². The van der Waals surface area contributed by atoms with E-state index in [0.29, 0.717) is 13.2 Å². The summed E-state index contributed by atoms with van der Waals surface area (Å²) in [6.45, 7) is 2.97. The van der Waals surface area contributed by atoms with Gasteiger partial charge in [0.25, 0.3) is 5.92 Å². The lowest BCUT2D eigenvalue weighted by Crippen LogP contribution is -2.29. The summed E-state index contributed by atoms with van der Waals surface area (Å²) >= 11 is 0. The average Bonchev–Trinajstić information content (AvgIpc) is 2.25. The molecule has 0 bridgehead atoms. The molecule has 0 spiro atoms. The van der Waals surface area contributed by atoms with Gasteiger partial charge < -0.3 is 4.74 Å². The summed E-state index contributed by atoms with van der Waals surface area (Å²) in [4.78, 5) is 1.68. The Morgan fingerprint density at radius 3 is 2.69 bits per heavy atom. The third-order valence-corrected chi connectivity index (χ3v) is 2.30. The number of nitrogens with zero attached hydrogens (tertiary/aromatic N) is 1. The van der Waals surface area contributed by atoms with E-state index >= 15 is 0 Å². The van der Waals surface area contributed by atoms with Crippen LogP contribution >= 0.6 is 0 Å². The van der Waals surface area contributed by atoms with Crippen LogP contribution in [0.2, 0.25) is 0 Å². The SMILES string of the molecule is CCCOCC1CC(F)(F)CN1C. The highest BCUT2D eigenvalue weighted by molar-refractivity contribution is 4.88. The number of alkyl halides is 2. The van der Waals surface area contributed by atoms with Crippen molar-refractivity contribution in [3.05, 3.63) is 0 Å². The Bertz CT molecular complexity index is 164. The molecule has 0 aromatic carbocycles. The van der Waals surface area contributed by atoms with Gasteiger partial charge in [0, 0.05) is 19.1 Å². The highest BCUT2D eigenvalue weighted by Crippen LogP contribution is 2.30. The van der Waals surface area contributed by atoms with Crippen LogP contribution in [-0.4, -0.2) is 43.7 Å². The van der Waals surface area contributed by atoms with Gasteiger partial charge in [0.2, 0.25) is 0 Å². The molecule has 1 aliphatic rings. The molecule has 2 nitrogen and oxygen atoms in total. The van der Waals surface area contributed by atoms with Crippen molar-refractivity contribution in [1.82, 2.24) is 4.90 Å². The third-order valence-electron chi connectivity index (χ3n) is 2.30. The Morgan fingerprint density at radius 2 is 2.23 bits per heavy atom. The molecule has 1 aliphatic heterocycles. The zero-order chi connectivity index (χ0) is 9.90. The number of halogens is 2. The summed E-state index contributed by atoms with van der Waals surface area (Å²) in [7, 11) is 1.72. The minimum Gasteiger partial charge on any atom is -0.380 e. The van der Waals surface area contributed by atoms with E-state index < -0.39 is 5.92 Å². The lowest BCUT2D eigenvalue weighted by molar-refractivity contribution is 0.0128. The van der Waals surface area contributed by atoms with Crippen molar-refractivity contribution in [3.63, 3.8) is 0 Å². The minimum atomic E-state index is -2.52. The van der Waals surface area contributed by atoms with Gasteiger partial charge in [-0.3, -0.25) is 4.90 Å². The molecule has 78 valence electrons. The molecule has 0 aromatic heterocycles. The average molecular weight is 193 g/mol. The highest BCUT2D eigenvalue weighted by Gasteiger charge is 2.42. The molecule has 0 aliphatic carbocycles. The van der Waals surface area contributed by atoms with Crippen molar-refractivity contribution in [2.75, 3.05) is 26.8 Å². The molecule has 0 radical (unpaired) electrons. The Labute approximate surface area is 77.9 Å². The molecule has 1 unspecified atom stereocenters. The van der Waals surface area contributed by atoms with Crippen LogP contribution in [0.5, 0.6) is 0 Å². The molecular formula is C9H17F2NO. The molecule has 1 fully saturated rings. The number of likely N-dealkylation sites (N-methyl/N-ethyl adjacent to an activating group) is 1. The summed E-state index contributed by atoms with van der Waals surface area (Å²) in [5, 5.41) is 0. The summed E-state index contributed by atoms with van der Waals surface area (Å²) in [5.74, 6) is -2.52. The molecule has 0 amide bonds. The van der Waals surface area contributed by atoms with E-state index in [1.54, 1.807) is 11.9 Å². The van der Waals surface area contributed by atoms with Crippen molar-refractivity contribution in [3.8, 4) is 0 Å². The van der Waals surface area contributed by atoms with Gasteiger partial charge in [0.1, 0.15) is 0 Å². The first-order valence-corrected chi connectivity index (χ1v) is 4.71. The molecule has 0 saturated carbocycles. The zero-order valence-electron chi connectivity index (χ0n) is 8.22. The van der Waals surface area contributed by atoms with Crippen molar-refractivity contribution in [2.45, 2.75) is 31.7 Å². The largest absolute Gasteiger partial charge is 0.380 e. The van der Waals surface area contributed by atoms with E-state index in [0.717, 1.165) is 6.42 Å². The van der Waals surface area contributed by atoms with E-state index in [1.165, 1.54) is 0 Å². The summed E-state index contributed by atoms with van der Waals surface area (Å²) in [5.41, 5.74) is 0. The molecule has 0 aromatic rings. The minimum absolute atomic E-state index is 0.0623. The van der Waals surface area contributed by atoms with Gasteiger partial charge in [-0.2, -0.15) is 0 Å². The van der Waals surface area contributed by atoms with Gasteiger partial charge in [-0.15, -0.1) is 0 Å². The van der Waals surface area contributed by atoms with Crippen LogP contribution in [-0.2, 0) is 4.74 Å². The van der Waals surface area contributed by atoms with Gasteiger partial charge in [0.05, 0.1) is 13.2 Å². The number of hydrogen-bond donors (Lipinski definition) is 0. The first-order chi connectivity index (χ1) is 6.05. The fraction of sp³-hybridized carbons (Fsp3) is 1.00. The molecular weight excluding hydrogens is 176 g/mol. The van der Waals surface area contributed by atoms with Crippen molar-refractivity contribution >= 4 is 0 Å². The smallest absolute Gasteiger partial charge is 0.262 e. The quantitative estimate of drug-likeness (QED) is 0.631. The van der Waals surface area contributed by atoms with Gasteiger partial charge >= 0.3 is 0 Å². The van der Waals surface area contributed by atoms with Crippen molar-refractivity contribution in [2.24, 2.45) is 0 Å². The van der Waals surface area contributed by atoms with Crippen molar-refractivity contribution < 1.29 is 13.5 Å². The van der Waals surface area contributed by atoms with E-state index in [1.807, 2.05) is 6.92 Å². The molecule has 1 rings (SSSR count). The lowest BCUT2D eigenvalue weighted by Gasteiger charge is -2.17. The van der Waals surface area contributed by atoms with Gasteiger partial charge in [-0.1, -0.05) is 6.92 Å². The fourth-order valence-electron chi connectivity index (χ4n) is 1.61. The van der Waals surface area contributed by atoms with Crippen LogP contribution in [0.4, 0.5) is 8.78 Å². The van der Waals surface area contributed by atoms with E-state index in [-0.39, 0.29) is 19.0 Å². The zero-order valence-corrected chi connectivity index (χ0v) is 8.22. The predicted molar refractivity (Wildman–Crippen MR) is 47.1 cm³/mol. The van der Waals surface area contributed by atoms with Crippen LogP contribution in [0.3, 0.4) is 0 Å². The van der Waals surface area contributed by atoms with E-state index in [2.05, 4.69) is 0 Å². The lowest BCUT2D eigenvalue weighted by atomic mass is 10.2. The van der Waals surface area contributed by atoms with Gasteiger partial charge in [0.15, 0.2) is 0 Å². The van der Waals surface area contributed by atoms with Crippen LogP contribution in [0.1, 0.15) is 19.8 Å². The molecule has 4 heteroatoms. The van der Waals surface area contributed by atoms with Gasteiger partial charge in [-0.05, 0) is 13.5 Å². The first kappa shape index (κ1) is 10.9. The molecule has 13 heavy (non-hydrogen) atoms. The number of ether oxygens (including phenoxy) is 1. The van der Waals surface area contributed by atoms with Crippen molar-refractivity contribution in [1.29, 1.82) is 0 Å². The van der Waals surface area contributed by atoms with E-state index in [9.17, 15) is 8.78 Å². The fourth-order valence-corrected chi connectivity index (χ4v) is 1.61. The second-order valence-corrected chi connectivity index (χ2v) is 3.70. The Kier molecular flexibility index (Phi) is 3.62. The second-order valence-electron chi connectivity index (χ2n) is 3.70. The topological polar surface area (TPSA) is 12.5 Å². The Morgan fingerprint density at radius 1 is 1.54 bits per heavy atom. The van der Waals surface area contributed by atoms with Gasteiger partial charge in [-0.25, -0.2) is 8.78 Å². The maximum Gasteiger partial charge on any atom is 0.262 e. The summed E-state index contributed by atoms with van der Waals surface area (Å²) in [6, 6.07) is -0.110. The van der Waals surface area contributed by atoms with Crippen LogP contribution in [0.25, 0.3) is 0 Å². The number of hydrogen-bond acceptors (Lipinski definition) is 2. The Hall–Kier alpha value is -0.220. The maximum atomic E-state index is 12.9. The first-order valence-electron chi connectivity index (χ1n) is 4.71. The molecule has 1 atom stereocenters. The predicted octanol–water partition coefficient (Wildman–Crippen LogP) is 1.75. The van der Waals surface area contributed by atoms with Crippen LogP contribution in [0.15, 0.2) is 0 Å². The van der Waals surface area contributed by atoms with Crippen LogP contribution < -0.4 is 0 Å². The second kappa shape index (κ2) is 4.33. The number of likely N-dealkylation sites (tertiary alicyclic amines) is 1. The maximum absolute atomic E-state index is 12.9. The standard InChI is InChI=1S/C9H17F2NO/c1-3-4-13-6-8-5-9(10,11)7-12(8)2/h8H,3-7H2,1-2H3. The summed E-state index contributed by atoms with van der Waals surface area (Å²) < 4.78 is 31.0. The Balaban J connectivity index is 2.27. The van der Waals surface area contributed by atoms with E-state index in [4.69, 9.17) is 4.74 Å². The normalized spacial score (nSPS) is 28.2. The monoisotopic (exact) mass is 193 g/mol. The summed E-state index contributed by atoms with van der Waals surface area (Å²) in [6.07, 6.45) is 0.875. The highest BCUT2D eigenvalue weighted by atomic mass is 19.3. The molecule has 1 heterocycles.